The van der Waals surface area contributed by atoms with Gasteiger partial charge < -0.3 is 4.74 Å². The highest BCUT2D eigenvalue weighted by atomic mass is 79.9. The summed E-state index contributed by atoms with van der Waals surface area (Å²) in [5.74, 6) is -0.217. The van der Waals surface area contributed by atoms with Crippen LogP contribution in [0.4, 0.5) is 4.39 Å². The number of hydrogen-bond donors (Lipinski definition) is 0. The van der Waals surface area contributed by atoms with E-state index in [0.29, 0.717) is 4.47 Å². The Bertz CT molecular complexity index is 530. The molecule has 0 heterocycles. The van der Waals surface area contributed by atoms with Crippen LogP contribution in [0.15, 0.2) is 22.7 Å². The molecule has 0 saturated heterocycles. The standard InChI is InChI=1S/C17H22BrFO2/c1-16(2)6-8-17(21-3,9-7-16)15(20)11-12-4-5-14(19)13(18)10-12/h4-5,10H,6-9,11H2,1-3H3. The highest BCUT2D eigenvalue weighted by Crippen LogP contribution is 2.42. The fourth-order valence-corrected chi connectivity index (χ4v) is 3.35. The van der Waals surface area contributed by atoms with Gasteiger partial charge in [-0.05, 0) is 64.7 Å². The number of Topliss-reactive ketones (excluding diaryl/α,β-unsaturated/α-hetero) is 1. The zero-order valence-electron chi connectivity index (χ0n) is 12.8. The number of ether oxygens (including phenoxy) is 1. The Hall–Kier alpha value is -0.740. The minimum absolute atomic E-state index is 0.0963. The maximum atomic E-state index is 13.3. The van der Waals surface area contributed by atoms with Crippen LogP contribution in [0.25, 0.3) is 0 Å². The molecular formula is C17H22BrFO2. The van der Waals surface area contributed by atoms with E-state index in [9.17, 15) is 9.18 Å². The van der Waals surface area contributed by atoms with Crippen molar-refractivity contribution in [3.8, 4) is 0 Å². The second kappa shape index (κ2) is 6.17. The fraction of sp³-hybridized carbons (Fsp3) is 0.588. The van der Waals surface area contributed by atoms with Gasteiger partial charge in [0.2, 0.25) is 0 Å². The van der Waals surface area contributed by atoms with Gasteiger partial charge in [-0.25, -0.2) is 4.39 Å². The second-order valence-electron chi connectivity index (χ2n) is 6.71. The number of benzene rings is 1. The molecule has 0 amide bonds. The number of carbonyl (C=O) groups is 1. The van der Waals surface area contributed by atoms with Gasteiger partial charge in [0, 0.05) is 13.5 Å². The lowest BCUT2D eigenvalue weighted by Crippen LogP contribution is -2.46. The van der Waals surface area contributed by atoms with Crippen LogP contribution in [0.5, 0.6) is 0 Å². The maximum absolute atomic E-state index is 13.3. The van der Waals surface area contributed by atoms with Crippen LogP contribution in [0.3, 0.4) is 0 Å². The van der Waals surface area contributed by atoms with E-state index in [1.165, 1.54) is 6.07 Å². The van der Waals surface area contributed by atoms with Crippen molar-refractivity contribution in [1.29, 1.82) is 0 Å². The molecule has 1 saturated carbocycles. The third kappa shape index (κ3) is 3.72. The second-order valence-corrected chi connectivity index (χ2v) is 7.57. The van der Waals surface area contributed by atoms with Crippen molar-refractivity contribution in [3.05, 3.63) is 34.1 Å². The number of ketones is 1. The van der Waals surface area contributed by atoms with Crippen molar-refractivity contribution in [2.24, 2.45) is 5.41 Å². The average Bonchev–Trinajstić information content (AvgIpc) is 2.43. The molecule has 0 atom stereocenters. The van der Waals surface area contributed by atoms with Gasteiger partial charge in [-0.3, -0.25) is 4.79 Å². The summed E-state index contributed by atoms with van der Waals surface area (Å²) in [5.41, 5.74) is 0.423. The van der Waals surface area contributed by atoms with E-state index < -0.39 is 5.60 Å². The molecule has 2 nitrogen and oxygen atoms in total. The fourth-order valence-electron chi connectivity index (χ4n) is 2.92. The predicted octanol–water partition coefficient (Wildman–Crippen LogP) is 4.69. The van der Waals surface area contributed by atoms with Crippen LogP contribution >= 0.6 is 15.9 Å². The minimum atomic E-state index is -0.670. The van der Waals surface area contributed by atoms with Gasteiger partial charge >= 0.3 is 0 Å². The van der Waals surface area contributed by atoms with Crippen LogP contribution in [0.1, 0.15) is 45.1 Å². The van der Waals surface area contributed by atoms with Crippen molar-refractivity contribution in [3.63, 3.8) is 0 Å². The first-order chi connectivity index (χ1) is 9.78. The van der Waals surface area contributed by atoms with Gasteiger partial charge in [-0.1, -0.05) is 19.9 Å². The number of carbonyl (C=O) groups excluding carboxylic acids is 1. The Morgan fingerprint density at radius 1 is 1.29 bits per heavy atom. The Kier molecular flexibility index (Phi) is 4.89. The molecule has 0 N–H and O–H groups in total. The summed E-state index contributed by atoms with van der Waals surface area (Å²) in [6.45, 7) is 4.46. The van der Waals surface area contributed by atoms with Gasteiger partial charge in [-0.2, -0.15) is 0 Å². The SMILES string of the molecule is COC1(C(=O)Cc2ccc(F)c(Br)c2)CCC(C)(C)CC1. The first kappa shape index (κ1) is 16.6. The molecule has 0 bridgehead atoms. The first-order valence-corrected chi connectivity index (χ1v) is 8.10. The van der Waals surface area contributed by atoms with E-state index >= 15 is 0 Å². The van der Waals surface area contributed by atoms with Crippen LogP contribution in [0.2, 0.25) is 0 Å². The van der Waals surface area contributed by atoms with Gasteiger partial charge in [0.25, 0.3) is 0 Å². The summed E-state index contributed by atoms with van der Waals surface area (Å²) < 4.78 is 19.3. The van der Waals surface area contributed by atoms with E-state index in [2.05, 4.69) is 29.8 Å². The molecule has 0 aromatic heterocycles. The minimum Gasteiger partial charge on any atom is -0.370 e. The van der Waals surface area contributed by atoms with E-state index in [-0.39, 0.29) is 23.4 Å². The van der Waals surface area contributed by atoms with Crippen molar-refractivity contribution >= 4 is 21.7 Å². The molecular weight excluding hydrogens is 335 g/mol. The van der Waals surface area contributed by atoms with Crippen LogP contribution in [0, 0.1) is 11.2 Å². The lowest BCUT2D eigenvalue weighted by atomic mass is 9.69. The van der Waals surface area contributed by atoms with Crippen molar-refractivity contribution in [2.45, 2.75) is 51.6 Å². The highest BCUT2D eigenvalue weighted by molar-refractivity contribution is 9.10. The van der Waals surface area contributed by atoms with Crippen molar-refractivity contribution in [2.75, 3.05) is 7.11 Å². The Morgan fingerprint density at radius 2 is 1.90 bits per heavy atom. The molecule has 1 fully saturated rings. The van der Waals surface area contributed by atoms with E-state index in [1.807, 2.05) is 0 Å². The lowest BCUT2D eigenvalue weighted by Gasteiger charge is -2.41. The van der Waals surface area contributed by atoms with Gasteiger partial charge in [-0.15, -0.1) is 0 Å². The van der Waals surface area contributed by atoms with Crippen LogP contribution < -0.4 is 0 Å². The molecule has 0 spiro atoms. The third-order valence-electron chi connectivity index (χ3n) is 4.66. The third-order valence-corrected chi connectivity index (χ3v) is 5.27. The Labute approximate surface area is 134 Å². The highest BCUT2D eigenvalue weighted by Gasteiger charge is 2.43. The Balaban J connectivity index is 2.12. The molecule has 0 unspecified atom stereocenters. The molecule has 0 aliphatic heterocycles. The number of rotatable bonds is 4. The summed E-state index contributed by atoms with van der Waals surface area (Å²) in [7, 11) is 1.62. The van der Waals surface area contributed by atoms with Gasteiger partial charge in [0.15, 0.2) is 5.78 Å². The van der Waals surface area contributed by atoms with Crippen LogP contribution in [-0.2, 0) is 16.0 Å². The number of hydrogen-bond acceptors (Lipinski definition) is 2. The van der Waals surface area contributed by atoms with E-state index in [0.717, 1.165) is 31.2 Å². The summed E-state index contributed by atoms with van der Waals surface area (Å²) in [4.78, 5) is 12.7. The van der Waals surface area contributed by atoms with Crippen LogP contribution in [-0.4, -0.2) is 18.5 Å². The average molecular weight is 357 g/mol. The molecule has 1 aromatic carbocycles. The zero-order valence-corrected chi connectivity index (χ0v) is 14.4. The Morgan fingerprint density at radius 3 is 2.43 bits per heavy atom. The molecule has 1 aliphatic rings. The molecule has 0 radical (unpaired) electrons. The first-order valence-electron chi connectivity index (χ1n) is 7.30. The molecule has 2 rings (SSSR count). The van der Waals surface area contributed by atoms with Crippen molar-refractivity contribution in [1.82, 2.24) is 0 Å². The maximum Gasteiger partial charge on any atom is 0.168 e. The van der Waals surface area contributed by atoms with Crippen molar-refractivity contribution < 1.29 is 13.9 Å². The zero-order chi connectivity index (χ0) is 15.7. The largest absolute Gasteiger partial charge is 0.370 e. The molecule has 21 heavy (non-hydrogen) atoms. The normalized spacial score (nSPS) is 20.2. The van der Waals surface area contributed by atoms with E-state index in [1.54, 1.807) is 19.2 Å². The predicted molar refractivity (Wildman–Crippen MR) is 84.8 cm³/mol. The monoisotopic (exact) mass is 356 g/mol. The quantitative estimate of drug-likeness (QED) is 0.782. The smallest absolute Gasteiger partial charge is 0.168 e. The molecule has 1 aromatic rings. The molecule has 4 heteroatoms. The summed E-state index contributed by atoms with van der Waals surface area (Å²) in [6, 6.07) is 4.72. The lowest BCUT2D eigenvalue weighted by molar-refractivity contribution is -0.147. The van der Waals surface area contributed by atoms with Gasteiger partial charge in [0.1, 0.15) is 11.4 Å². The summed E-state index contributed by atoms with van der Waals surface area (Å²) >= 11 is 3.16. The topological polar surface area (TPSA) is 26.3 Å². The molecule has 116 valence electrons. The van der Waals surface area contributed by atoms with Gasteiger partial charge in [0.05, 0.1) is 4.47 Å². The number of halogens is 2. The number of methoxy groups -OCH3 is 1. The summed E-state index contributed by atoms with van der Waals surface area (Å²) in [6.07, 6.45) is 3.78. The van der Waals surface area contributed by atoms with E-state index in [4.69, 9.17) is 4.74 Å². The summed E-state index contributed by atoms with van der Waals surface area (Å²) in [5, 5.41) is 0. The molecule has 1 aliphatic carbocycles.